The maximum atomic E-state index is 5.77. The lowest BCUT2D eigenvalue weighted by atomic mass is 10.3. The Labute approximate surface area is 124 Å². The molecule has 0 saturated carbocycles. The molecule has 1 aromatic carbocycles. The number of benzene rings is 1. The molecule has 0 spiro atoms. The monoisotopic (exact) mass is 288 g/mol. The average Bonchev–Trinajstić information content (AvgIpc) is 2.47. The molecule has 112 valence electrons. The maximum Gasteiger partial charge on any atom is 0.226 e. The van der Waals surface area contributed by atoms with Gasteiger partial charge in [-0.2, -0.15) is 9.97 Å². The maximum absolute atomic E-state index is 5.77. The summed E-state index contributed by atoms with van der Waals surface area (Å²) in [5.74, 6) is 2.46. The first-order valence-corrected chi connectivity index (χ1v) is 7.01. The molecule has 0 fully saturated rings. The lowest BCUT2D eigenvalue weighted by Crippen LogP contribution is -2.06. The Bertz CT molecular complexity index is 590. The van der Waals surface area contributed by atoms with Crippen molar-refractivity contribution >= 4 is 11.8 Å². The van der Waals surface area contributed by atoms with E-state index in [1.165, 1.54) is 0 Å². The largest absolute Gasteiger partial charge is 0.490 e. The van der Waals surface area contributed by atoms with Gasteiger partial charge >= 0.3 is 0 Å². The standard InChI is InChI=1S/C15H20N4O2/c1-3-9-17-13-10-14(19-15(16)18-13)21-12-8-6-5-7-11(12)20-4-2/h5-8,10H,3-4,9H2,1-2H3,(H3,16,17,18,19). The minimum atomic E-state index is 0.167. The first kappa shape index (κ1) is 14.9. The van der Waals surface area contributed by atoms with Gasteiger partial charge < -0.3 is 20.5 Å². The number of para-hydroxylation sites is 2. The van der Waals surface area contributed by atoms with Crippen LogP contribution in [0.25, 0.3) is 0 Å². The number of nitrogen functional groups attached to an aromatic ring is 1. The van der Waals surface area contributed by atoms with Gasteiger partial charge in [0.1, 0.15) is 5.82 Å². The van der Waals surface area contributed by atoms with E-state index in [1.54, 1.807) is 6.07 Å². The van der Waals surface area contributed by atoms with E-state index in [0.29, 0.717) is 29.8 Å². The van der Waals surface area contributed by atoms with Crippen LogP contribution in [0, 0.1) is 0 Å². The Morgan fingerprint density at radius 3 is 2.62 bits per heavy atom. The zero-order chi connectivity index (χ0) is 15.1. The molecule has 0 aliphatic carbocycles. The summed E-state index contributed by atoms with van der Waals surface area (Å²) in [7, 11) is 0. The Balaban J connectivity index is 2.21. The van der Waals surface area contributed by atoms with Crippen molar-refractivity contribution in [3.05, 3.63) is 30.3 Å². The molecule has 0 aliphatic rings. The normalized spacial score (nSPS) is 10.2. The van der Waals surface area contributed by atoms with Crippen molar-refractivity contribution in [3.63, 3.8) is 0 Å². The molecule has 0 unspecified atom stereocenters. The third-order valence-electron chi connectivity index (χ3n) is 2.64. The minimum Gasteiger partial charge on any atom is -0.490 e. The highest BCUT2D eigenvalue weighted by Crippen LogP contribution is 2.31. The molecule has 0 aliphatic heterocycles. The first-order valence-electron chi connectivity index (χ1n) is 7.01. The van der Waals surface area contributed by atoms with Crippen LogP contribution < -0.4 is 20.5 Å². The molecule has 2 aromatic rings. The zero-order valence-electron chi connectivity index (χ0n) is 12.3. The fraction of sp³-hybridized carbons (Fsp3) is 0.333. The topological polar surface area (TPSA) is 82.3 Å². The number of anilines is 2. The van der Waals surface area contributed by atoms with E-state index in [1.807, 2.05) is 31.2 Å². The number of aromatic nitrogens is 2. The summed E-state index contributed by atoms with van der Waals surface area (Å²) >= 11 is 0. The number of nitrogens with one attached hydrogen (secondary N) is 1. The Morgan fingerprint density at radius 2 is 1.90 bits per heavy atom. The van der Waals surface area contributed by atoms with Crippen LogP contribution in [0.4, 0.5) is 11.8 Å². The molecule has 6 nitrogen and oxygen atoms in total. The van der Waals surface area contributed by atoms with E-state index in [-0.39, 0.29) is 5.95 Å². The molecular weight excluding hydrogens is 268 g/mol. The smallest absolute Gasteiger partial charge is 0.226 e. The van der Waals surface area contributed by atoms with Gasteiger partial charge in [-0.25, -0.2) is 0 Å². The molecule has 1 aromatic heterocycles. The predicted octanol–water partition coefficient (Wildman–Crippen LogP) is 3.07. The van der Waals surface area contributed by atoms with Gasteiger partial charge in [0.2, 0.25) is 11.8 Å². The van der Waals surface area contributed by atoms with Crippen LogP contribution in [0.2, 0.25) is 0 Å². The van der Waals surface area contributed by atoms with E-state index in [9.17, 15) is 0 Å². The first-order chi connectivity index (χ1) is 10.2. The lowest BCUT2D eigenvalue weighted by molar-refractivity contribution is 0.319. The Hall–Kier alpha value is -2.50. The van der Waals surface area contributed by atoms with E-state index < -0.39 is 0 Å². The molecular formula is C15H20N4O2. The summed E-state index contributed by atoms with van der Waals surface area (Å²) < 4.78 is 11.3. The molecule has 1 heterocycles. The quantitative estimate of drug-likeness (QED) is 0.814. The van der Waals surface area contributed by atoms with Crippen LogP contribution in [-0.4, -0.2) is 23.1 Å². The van der Waals surface area contributed by atoms with E-state index in [2.05, 4.69) is 22.2 Å². The number of nitrogens with two attached hydrogens (primary N) is 1. The number of hydrogen-bond donors (Lipinski definition) is 2. The molecule has 0 radical (unpaired) electrons. The van der Waals surface area contributed by atoms with Gasteiger partial charge in [0.25, 0.3) is 0 Å². The molecule has 2 rings (SSSR count). The second kappa shape index (κ2) is 7.33. The van der Waals surface area contributed by atoms with Crippen molar-refractivity contribution < 1.29 is 9.47 Å². The molecule has 0 saturated heterocycles. The fourth-order valence-corrected chi connectivity index (χ4v) is 1.76. The summed E-state index contributed by atoms with van der Waals surface area (Å²) in [4.78, 5) is 8.20. The minimum absolute atomic E-state index is 0.167. The SMILES string of the molecule is CCCNc1cc(Oc2ccccc2OCC)nc(N)n1. The van der Waals surface area contributed by atoms with Gasteiger partial charge in [-0.3, -0.25) is 0 Å². The van der Waals surface area contributed by atoms with Gasteiger partial charge in [0, 0.05) is 12.6 Å². The van der Waals surface area contributed by atoms with Crippen molar-refractivity contribution in [3.8, 4) is 17.4 Å². The van der Waals surface area contributed by atoms with Crippen molar-refractivity contribution in [2.24, 2.45) is 0 Å². The molecule has 0 amide bonds. The van der Waals surface area contributed by atoms with Gasteiger partial charge in [-0.05, 0) is 25.5 Å². The Kier molecular flexibility index (Phi) is 5.20. The number of hydrogen-bond acceptors (Lipinski definition) is 6. The lowest BCUT2D eigenvalue weighted by Gasteiger charge is -2.12. The highest BCUT2D eigenvalue weighted by atomic mass is 16.5. The second-order valence-electron chi connectivity index (χ2n) is 4.36. The second-order valence-corrected chi connectivity index (χ2v) is 4.36. The summed E-state index contributed by atoms with van der Waals surface area (Å²) in [5, 5.41) is 3.16. The molecule has 6 heteroatoms. The van der Waals surface area contributed by atoms with E-state index in [0.717, 1.165) is 13.0 Å². The third-order valence-corrected chi connectivity index (χ3v) is 2.64. The summed E-state index contributed by atoms with van der Waals surface area (Å²) in [5.41, 5.74) is 5.71. The Morgan fingerprint density at radius 1 is 1.14 bits per heavy atom. The van der Waals surface area contributed by atoms with Gasteiger partial charge in [0.15, 0.2) is 11.5 Å². The van der Waals surface area contributed by atoms with Crippen LogP contribution in [0.3, 0.4) is 0 Å². The van der Waals surface area contributed by atoms with Gasteiger partial charge in [-0.1, -0.05) is 19.1 Å². The van der Waals surface area contributed by atoms with Crippen LogP contribution in [0.5, 0.6) is 17.4 Å². The molecule has 0 bridgehead atoms. The van der Waals surface area contributed by atoms with Crippen LogP contribution >= 0.6 is 0 Å². The third kappa shape index (κ3) is 4.24. The van der Waals surface area contributed by atoms with Crippen LogP contribution in [-0.2, 0) is 0 Å². The molecule has 0 atom stereocenters. The fourth-order valence-electron chi connectivity index (χ4n) is 1.76. The van der Waals surface area contributed by atoms with Crippen molar-refractivity contribution in [2.45, 2.75) is 20.3 Å². The summed E-state index contributed by atoms with van der Waals surface area (Å²) in [6.07, 6.45) is 0.993. The van der Waals surface area contributed by atoms with Crippen LogP contribution in [0.15, 0.2) is 30.3 Å². The van der Waals surface area contributed by atoms with Crippen LogP contribution in [0.1, 0.15) is 20.3 Å². The van der Waals surface area contributed by atoms with Crippen molar-refractivity contribution in [1.82, 2.24) is 9.97 Å². The number of ether oxygens (including phenoxy) is 2. The van der Waals surface area contributed by atoms with E-state index >= 15 is 0 Å². The number of rotatable bonds is 7. The molecule has 3 N–H and O–H groups in total. The number of nitrogens with zero attached hydrogens (tertiary/aromatic N) is 2. The van der Waals surface area contributed by atoms with Gasteiger partial charge in [0.05, 0.1) is 6.61 Å². The van der Waals surface area contributed by atoms with Crippen molar-refractivity contribution in [2.75, 3.05) is 24.2 Å². The van der Waals surface area contributed by atoms with Crippen molar-refractivity contribution in [1.29, 1.82) is 0 Å². The summed E-state index contributed by atoms with van der Waals surface area (Å²) in [6.45, 7) is 5.38. The summed E-state index contributed by atoms with van der Waals surface area (Å²) in [6, 6.07) is 9.15. The highest BCUT2D eigenvalue weighted by molar-refractivity contribution is 5.46. The van der Waals surface area contributed by atoms with Gasteiger partial charge in [-0.15, -0.1) is 0 Å². The zero-order valence-corrected chi connectivity index (χ0v) is 12.3. The van der Waals surface area contributed by atoms with E-state index in [4.69, 9.17) is 15.2 Å². The predicted molar refractivity (Wildman–Crippen MR) is 82.9 cm³/mol. The molecule has 21 heavy (non-hydrogen) atoms. The average molecular weight is 288 g/mol. The highest BCUT2D eigenvalue weighted by Gasteiger charge is 2.08.